The van der Waals surface area contributed by atoms with Crippen molar-refractivity contribution in [3.05, 3.63) is 65.5 Å². The molecule has 0 unspecified atom stereocenters. The molecule has 3 rings (SSSR count). The number of hydrogen-bond donors (Lipinski definition) is 1. The Morgan fingerprint density at radius 3 is 2.44 bits per heavy atom. The van der Waals surface area contributed by atoms with Gasteiger partial charge in [-0.1, -0.05) is 24.3 Å². The van der Waals surface area contributed by atoms with E-state index < -0.39 is 11.7 Å². The number of halogens is 1. The Morgan fingerprint density at radius 1 is 1.22 bits per heavy atom. The predicted octanol–water partition coefficient (Wildman–Crippen LogP) is 4.73. The first-order valence-corrected chi connectivity index (χ1v) is 10.2. The standard InChI is InChI=1S/C21H24FNO3S/c1-15(16-3-9-19(27-2)10-4-16)23-13-11-21(12-14-24,26-20(23)25)17-5-7-18(22)8-6-17/h3-10,15,24H,11-14H2,1-2H3/t15-,21-/m0/s1. The van der Waals surface area contributed by atoms with Gasteiger partial charge in [0, 0.05) is 30.9 Å². The summed E-state index contributed by atoms with van der Waals surface area (Å²) in [6.07, 6.45) is 2.43. The fourth-order valence-corrected chi connectivity index (χ4v) is 3.95. The average Bonchev–Trinajstić information content (AvgIpc) is 2.68. The van der Waals surface area contributed by atoms with Crippen LogP contribution in [0.2, 0.25) is 0 Å². The topological polar surface area (TPSA) is 49.8 Å². The number of ether oxygens (including phenoxy) is 1. The Morgan fingerprint density at radius 2 is 1.89 bits per heavy atom. The highest BCUT2D eigenvalue weighted by atomic mass is 32.2. The summed E-state index contributed by atoms with van der Waals surface area (Å²) >= 11 is 1.67. The molecule has 1 fully saturated rings. The van der Waals surface area contributed by atoms with E-state index in [4.69, 9.17) is 4.74 Å². The van der Waals surface area contributed by atoms with E-state index in [1.165, 1.54) is 17.0 Å². The number of hydrogen-bond acceptors (Lipinski definition) is 4. The number of amides is 1. The maximum Gasteiger partial charge on any atom is 0.411 e. The second kappa shape index (κ2) is 8.31. The molecule has 0 saturated carbocycles. The first-order valence-electron chi connectivity index (χ1n) is 8.99. The Balaban J connectivity index is 1.79. The first-order chi connectivity index (χ1) is 13.0. The zero-order valence-corrected chi connectivity index (χ0v) is 16.3. The Labute approximate surface area is 163 Å². The van der Waals surface area contributed by atoms with Crippen molar-refractivity contribution < 1.29 is 19.0 Å². The van der Waals surface area contributed by atoms with E-state index in [1.54, 1.807) is 28.8 Å². The van der Waals surface area contributed by atoms with E-state index in [9.17, 15) is 14.3 Å². The molecule has 1 saturated heterocycles. The number of carbonyl (C=O) groups excluding carboxylic acids is 1. The van der Waals surface area contributed by atoms with Gasteiger partial charge in [0.05, 0.1) is 6.04 Å². The van der Waals surface area contributed by atoms with Gasteiger partial charge in [-0.05, 0) is 48.6 Å². The molecule has 0 aromatic heterocycles. The molecule has 0 aliphatic carbocycles. The van der Waals surface area contributed by atoms with Crippen LogP contribution in [-0.4, -0.2) is 35.5 Å². The van der Waals surface area contributed by atoms with Crippen molar-refractivity contribution in [2.75, 3.05) is 19.4 Å². The average molecular weight is 389 g/mol. The molecule has 2 atom stereocenters. The van der Waals surface area contributed by atoms with E-state index in [2.05, 4.69) is 0 Å². The van der Waals surface area contributed by atoms with Crippen LogP contribution in [0, 0.1) is 5.82 Å². The van der Waals surface area contributed by atoms with Crippen LogP contribution in [0.15, 0.2) is 53.4 Å². The van der Waals surface area contributed by atoms with Crippen molar-refractivity contribution in [2.45, 2.75) is 36.3 Å². The van der Waals surface area contributed by atoms with E-state index >= 15 is 0 Å². The van der Waals surface area contributed by atoms with Gasteiger partial charge in [0.15, 0.2) is 0 Å². The van der Waals surface area contributed by atoms with Gasteiger partial charge in [-0.15, -0.1) is 11.8 Å². The highest BCUT2D eigenvalue weighted by Crippen LogP contribution is 2.39. The third-order valence-electron chi connectivity index (χ3n) is 5.23. The number of aliphatic hydroxyl groups excluding tert-OH is 1. The summed E-state index contributed by atoms with van der Waals surface area (Å²) in [6.45, 7) is 2.37. The Kier molecular flexibility index (Phi) is 6.07. The van der Waals surface area contributed by atoms with Gasteiger partial charge in [0.25, 0.3) is 0 Å². The van der Waals surface area contributed by atoms with Gasteiger partial charge < -0.3 is 14.7 Å². The fourth-order valence-electron chi connectivity index (χ4n) is 3.54. The van der Waals surface area contributed by atoms with Crippen molar-refractivity contribution in [1.29, 1.82) is 0 Å². The van der Waals surface area contributed by atoms with Crippen LogP contribution in [0.1, 0.15) is 36.9 Å². The number of benzene rings is 2. The lowest BCUT2D eigenvalue weighted by Crippen LogP contribution is -2.49. The molecule has 144 valence electrons. The zero-order chi connectivity index (χ0) is 19.4. The molecule has 0 radical (unpaired) electrons. The van der Waals surface area contributed by atoms with E-state index in [1.807, 2.05) is 37.4 Å². The van der Waals surface area contributed by atoms with Gasteiger partial charge in [-0.2, -0.15) is 0 Å². The van der Waals surface area contributed by atoms with Crippen LogP contribution < -0.4 is 0 Å². The van der Waals surface area contributed by atoms with Crippen LogP contribution >= 0.6 is 11.8 Å². The fraction of sp³-hybridized carbons (Fsp3) is 0.381. The van der Waals surface area contributed by atoms with Crippen molar-refractivity contribution in [2.24, 2.45) is 0 Å². The molecule has 1 aliphatic rings. The minimum Gasteiger partial charge on any atom is -0.438 e. The van der Waals surface area contributed by atoms with Crippen LogP contribution in [0.3, 0.4) is 0 Å². The molecule has 4 nitrogen and oxygen atoms in total. The monoisotopic (exact) mass is 389 g/mol. The van der Waals surface area contributed by atoms with E-state index in [0.29, 0.717) is 18.5 Å². The molecule has 0 spiro atoms. The Bertz CT molecular complexity index is 781. The molecule has 1 N–H and O–H groups in total. The van der Waals surface area contributed by atoms with Crippen LogP contribution in [-0.2, 0) is 10.3 Å². The van der Waals surface area contributed by atoms with Gasteiger partial charge >= 0.3 is 6.09 Å². The van der Waals surface area contributed by atoms with Crippen molar-refractivity contribution in [3.63, 3.8) is 0 Å². The summed E-state index contributed by atoms with van der Waals surface area (Å²) in [5, 5.41) is 9.51. The second-order valence-electron chi connectivity index (χ2n) is 6.74. The van der Waals surface area contributed by atoms with Crippen molar-refractivity contribution >= 4 is 17.9 Å². The van der Waals surface area contributed by atoms with E-state index in [-0.39, 0.29) is 24.9 Å². The maximum absolute atomic E-state index is 13.3. The minimum atomic E-state index is -0.918. The molecule has 0 bridgehead atoms. The summed E-state index contributed by atoms with van der Waals surface area (Å²) in [7, 11) is 0. The smallest absolute Gasteiger partial charge is 0.411 e. The van der Waals surface area contributed by atoms with Gasteiger partial charge in [0.2, 0.25) is 0 Å². The summed E-state index contributed by atoms with van der Waals surface area (Å²) in [5.74, 6) is -0.344. The molecule has 2 aromatic rings. The summed E-state index contributed by atoms with van der Waals surface area (Å²) in [4.78, 5) is 15.7. The lowest BCUT2D eigenvalue weighted by atomic mass is 9.85. The number of carbonyl (C=O) groups is 1. The molecule has 27 heavy (non-hydrogen) atoms. The number of thioether (sulfide) groups is 1. The van der Waals surface area contributed by atoms with Crippen molar-refractivity contribution in [3.8, 4) is 0 Å². The summed E-state index contributed by atoms with van der Waals surface area (Å²) < 4.78 is 19.1. The normalized spacial score (nSPS) is 21.0. The first kappa shape index (κ1) is 19.7. The molecule has 2 aromatic carbocycles. The van der Waals surface area contributed by atoms with Gasteiger partial charge in [-0.3, -0.25) is 0 Å². The number of cyclic esters (lactones) is 1. The Hall–Kier alpha value is -2.05. The largest absolute Gasteiger partial charge is 0.438 e. The highest BCUT2D eigenvalue weighted by Gasteiger charge is 2.43. The SMILES string of the molecule is CSc1ccc([C@H](C)N2CC[C@](CCO)(c3ccc(F)cc3)OC2=O)cc1. The molecule has 1 amide bonds. The minimum absolute atomic E-state index is 0.115. The highest BCUT2D eigenvalue weighted by molar-refractivity contribution is 7.98. The lowest BCUT2D eigenvalue weighted by Gasteiger charge is -2.43. The van der Waals surface area contributed by atoms with Crippen LogP contribution in [0.25, 0.3) is 0 Å². The summed E-state index contributed by atoms with van der Waals surface area (Å²) in [5.41, 5.74) is 0.836. The molecule has 1 aliphatic heterocycles. The van der Waals surface area contributed by atoms with E-state index in [0.717, 1.165) is 5.56 Å². The molecular weight excluding hydrogens is 365 g/mol. The predicted molar refractivity (Wildman–Crippen MR) is 104 cm³/mol. The van der Waals surface area contributed by atoms with Crippen LogP contribution in [0.4, 0.5) is 9.18 Å². The quantitative estimate of drug-likeness (QED) is 0.726. The second-order valence-corrected chi connectivity index (χ2v) is 7.61. The zero-order valence-electron chi connectivity index (χ0n) is 15.5. The molecular formula is C21H24FNO3S. The molecule has 1 heterocycles. The van der Waals surface area contributed by atoms with Crippen LogP contribution in [0.5, 0.6) is 0 Å². The number of nitrogens with zero attached hydrogens (tertiary/aromatic N) is 1. The van der Waals surface area contributed by atoms with Gasteiger partial charge in [-0.25, -0.2) is 9.18 Å². The van der Waals surface area contributed by atoms with Gasteiger partial charge in [0.1, 0.15) is 11.4 Å². The lowest BCUT2D eigenvalue weighted by molar-refractivity contribution is -0.0718. The molecule has 6 heteroatoms. The maximum atomic E-state index is 13.3. The number of aliphatic hydroxyl groups is 1. The summed E-state index contributed by atoms with van der Waals surface area (Å²) in [6, 6.07) is 14.0. The number of rotatable bonds is 6. The third-order valence-corrected chi connectivity index (χ3v) is 5.97. The third kappa shape index (κ3) is 4.12. The van der Waals surface area contributed by atoms with Crippen molar-refractivity contribution in [1.82, 2.24) is 4.90 Å².